The van der Waals surface area contributed by atoms with Crippen molar-refractivity contribution in [2.45, 2.75) is 71.4 Å². The summed E-state index contributed by atoms with van der Waals surface area (Å²) < 4.78 is 24.8. The Labute approximate surface area is 150 Å². The maximum Gasteiger partial charge on any atom is 0.336 e. The largest absolute Gasteiger partial charge is 0.480 e. The quantitative estimate of drug-likeness (QED) is 0.704. The predicted molar refractivity (Wildman–Crippen MR) is 98.7 cm³/mol. The van der Waals surface area contributed by atoms with Gasteiger partial charge in [-0.15, -0.1) is 0 Å². The first kappa shape index (κ1) is 21.8. The molecule has 3 N–H and O–H groups in total. The Morgan fingerprint density at radius 2 is 1.44 bits per heavy atom. The van der Waals surface area contributed by atoms with Crippen molar-refractivity contribution < 1.29 is 23.5 Å². The summed E-state index contributed by atoms with van der Waals surface area (Å²) in [6, 6.07) is 6.24. The normalized spacial score (nSPS) is 14.4. The first-order chi connectivity index (χ1) is 11.2. The summed E-state index contributed by atoms with van der Waals surface area (Å²) in [6.45, 7) is 11.0. The van der Waals surface area contributed by atoms with Crippen molar-refractivity contribution in [3.63, 3.8) is 0 Å². The Bertz CT molecular complexity index is 608. The molecule has 0 aliphatic carbocycles. The van der Waals surface area contributed by atoms with Gasteiger partial charge in [-0.1, -0.05) is 24.3 Å². The first-order valence-corrected chi connectivity index (χ1v) is 9.99. The fourth-order valence-electron chi connectivity index (χ4n) is 2.26. The molecular formula is C18H30NO5P. The maximum absolute atomic E-state index is 13.2. The Morgan fingerprint density at radius 3 is 1.80 bits per heavy atom. The maximum atomic E-state index is 13.2. The lowest BCUT2D eigenvalue weighted by Crippen LogP contribution is -2.32. The number of benzene rings is 1. The highest BCUT2D eigenvalue weighted by Crippen LogP contribution is 2.56. The van der Waals surface area contributed by atoms with Gasteiger partial charge in [-0.2, -0.15) is 0 Å². The molecule has 7 heteroatoms. The molecule has 0 saturated heterocycles. The molecule has 0 saturated carbocycles. The summed E-state index contributed by atoms with van der Waals surface area (Å²) in [5, 5.41) is 8.87. The minimum absolute atomic E-state index is 0.146. The summed E-state index contributed by atoms with van der Waals surface area (Å²) in [6.07, 6.45) is 0.386. The lowest BCUT2D eigenvalue weighted by Gasteiger charge is -2.32. The number of carboxylic acids is 1. The zero-order valence-corrected chi connectivity index (χ0v) is 16.8. The van der Waals surface area contributed by atoms with E-state index < -0.39 is 30.8 Å². The van der Waals surface area contributed by atoms with Crippen molar-refractivity contribution in [3.8, 4) is 0 Å². The third kappa shape index (κ3) is 8.63. The minimum atomic E-state index is -3.36. The number of carbonyl (C=O) groups is 1. The van der Waals surface area contributed by atoms with Crippen molar-refractivity contribution in [2.75, 3.05) is 0 Å². The van der Waals surface area contributed by atoms with E-state index in [2.05, 4.69) is 0 Å². The van der Waals surface area contributed by atoms with Gasteiger partial charge < -0.3 is 19.9 Å². The summed E-state index contributed by atoms with van der Waals surface area (Å²) in [4.78, 5) is 10.8. The van der Waals surface area contributed by atoms with E-state index in [0.29, 0.717) is 0 Å². The zero-order chi connectivity index (χ0) is 19.5. The van der Waals surface area contributed by atoms with Gasteiger partial charge in [-0.25, -0.2) is 0 Å². The van der Waals surface area contributed by atoms with Gasteiger partial charge in [0.05, 0.1) is 17.4 Å². The third-order valence-electron chi connectivity index (χ3n) is 3.00. The predicted octanol–water partition coefficient (Wildman–Crippen LogP) is 3.96. The van der Waals surface area contributed by atoms with E-state index in [1.54, 1.807) is 24.3 Å². The van der Waals surface area contributed by atoms with E-state index in [1.807, 2.05) is 41.5 Å². The molecule has 0 unspecified atom stereocenters. The molecule has 0 amide bonds. The molecule has 1 aromatic carbocycles. The van der Waals surface area contributed by atoms with Gasteiger partial charge in [0.25, 0.3) is 0 Å². The fraction of sp³-hybridized carbons (Fsp3) is 0.611. The molecule has 1 rings (SSSR count). The van der Waals surface area contributed by atoms with Crippen LogP contribution >= 0.6 is 7.60 Å². The number of rotatable bonds is 7. The summed E-state index contributed by atoms with van der Waals surface area (Å²) in [5.41, 5.74) is 5.94. The lowest BCUT2D eigenvalue weighted by atomic mass is 10.1. The molecule has 0 bridgehead atoms. The lowest BCUT2D eigenvalue weighted by molar-refractivity contribution is -0.138. The monoisotopic (exact) mass is 371 g/mol. The number of aliphatic carboxylic acids is 1. The molecule has 6 nitrogen and oxygen atoms in total. The second kappa shape index (κ2) is 8.00. The molecule has 25 heavy (non-hydrogen) atoms. The fourth-order valence-corrected chi connectivity index (χ4v) is 4.76. The van der Waals surface area contributed by atoms with Crippen LogP contribution in [0.1, 0.15) is 52.7 Å². The van der Waals surface area contributed by atoms with Crippen LogP contribution < -0.4 is 5.73 Å². The molecule has 0 heterocycles. The minimum Gasteiger partial charge on any atom is -0.480 e. The second-order valence-electron chi connectivity index (χ2n) is 8.14. The van der Waals surface area contributed by atoms with Crippen LogP contribution in [0.5, 0.6) is 0 Å². The highest BCUT2D eigenvalue weighted by Gasteiger charge is 2.35. The van der Waals surface area contributed by atoms with Crippen LogP contribution in [0.15, 0.2) is 24.3 Å². The number of carboxylic acid groups (broad SMARTS) is 1. The average Bonchev–Trinajstić information content (AvgIpc) is 2.35. The van der Waals surface area contributed by atoms with Crippen LogP contribution in [0.25, 0.3) is 0 Å². The van der Waals surface area contributed by atoms with E-state index in [-0.39, 0.29) is 12.6 Å². The van der Waals surface area contributed by atoms with E-state index >= 15 is 0 Å². The molecular weight excluding hydrogens is 341 g/mol. The smallest absolute Gasteiger partial charge is 0.336 e. The van der Waals surface area contributed by atoms with E-state index in [0.717, 1.165) is 11.1 Å². The summed E-state index contributed by atoms with van der Waals surface area (Å²) >= 11 is 0. The Kier molecular flexibility index (Phi) is 6.99. The molecule has 0 fully saturated rings. The number of nitrogens with two attached hydrogens (primary N) is 1. The first-order valence-electron chi connectivity index (χ1n) is 8.26. The molecule has 0 aromatic heterocycles. The van der Waals surface area contributed by atoms with Gasteiger partial charge in [0.15, 0.2) is 0 Å². The van der Waals surface area contributed by atoms with Gasteiger partial charge in [0, 0.05) is 0 Å². The molecule has 142 valence electrons. The summed E-state index contributed by atoms with van der Waals surface area (Å²) in [5.74, 6) is -1.04. The van der Waals surface area contributed by atoms with Crippen LogP contribution in [0.4, 0.5) is 0 Å². The Morgan fingerprint density at radius 1 is 1.04 bits per heavy atom. The second-order valence-corrected chi connectivity index (χ2v) is 10.0. The highest BCUT2D eigenvalue weighted by atomic mass is 31.2. The van der Waals surface area contributed by atoms with E-state index in [1.165, 1.54) is 0 Å². The van der Waals surface area contributed by atoms with Crippen LogP contribution in [0, 0.1) is 0 Å². The van der Waals surface area contributed by atoms with E-state index in [9.17, 15) is 9.36 Å². The van der Waals surface area contributed by atoms with Gasteiger partial charge in [0.1, 0.15) is 6.04 Å². The Hall–Kier alpha value is -1.20. The van der Waals surface area contributed by atoms with Gasteiger partial charge in [-0.05, 0) is 59.1 Å². The van der Waals surface area contributed by atoms with E-state index in [4.69, 9.17) is 19.9 Å². The van der Waals surface area contributed by atoms with Crippen molar-refractivity contribution in [2.24, 2.45) is 5.73 Å². The van der Waals surface area contributed by atoms with Gasteiger partial charge in [0.2, 0.25) is 0 Å². The van der Waals surface area contributed by atoms with Crippen LogP contribution in [0.3, 0.4) is 0 Å². The van der Waals surface area contributed by atoms with Crippen LogP contribution in [-0.4, -0.2) is 28.3 Å². The molecule has 0 spiro atoms. The van der Waals surface area contributed by atoms with Crippen LogP contribution in [-0.2, 0) is 31.0 Å². The van der Waals surface area contributed by atoms with Crippen molar-refractivity contribution in [3.05, 3.63) is 35.4 Å². The number of hydrogen-bond donors (Lipinski definition) is 2. The van der Waals surface area contributed by atoms with Crippen molar-refractivity contribution in [1.29, 1.82) is 0 Å². The average molecular weight is 371 g/mol. The van der Waals surface area contributed by atoms with Crippen molar-refractivity contribution in [1.82, 2.24) is 0 Å². The third-order valence-corrected chi connectivity index (χ3v) is 5.40. The topological polar surface area (TPSA) is 98.9 Å². The van der Waals surface area contributed by atoms with Crippen molar-refractivity contribution >= 4 is 13.6 Å². The highest BCUT2D eigenvalue weighted by molar-refractivity contribution is 7.53. The Balaban J connectivity index is 2.94. The molecule has 1 atom stereocenters. The molecule has 0 aliphatic rings. The van der Waals surface area contributed by atoms with Crippen LogP contribution in [0.2, 0.25) is 0 Å². The molecule has 0 radical (unpaired) electrons. The van der Waals surface area contributed by atoms with Gasteiger partial charge in [-0.3, -0.25) is 9.36 Å². The zero-order valence-electron chi connectivity index (χ0n) is 15.9. The SMILES string of the molecule is CC(C)(C)OP(=O)(Cc1ccc(C[C@H](N)C(=O)O)cc1)OC(C)(C)C. The standard InChI is InChI=1S/C18H30NO5P/c1-17(2,3)23-25(22,24-18(4,5)6)12-14-9-7-13(8-10-14)11-15(19)16(20)21/h7-10,15H,11-12,19H2,1-6H3,(H,20,21)/t15-/m0/s1. The number of hydrogen-bond acceptors (Lipinski definition) is 5. The molecule has 0 aliphatic heterocycles. The van der Waals surface area contributed by atoms with Gasteiger partial charge >= 0.3 is 13.6 Å². The summed E-state index contributed by atoms with van der Waals surface area (Å²) in [7, 11) is -3.36. The molecule has 1 aromatic rings.